The van der Waals surface area contributed by atoms with E-state index in [-0.39, 0.29) is 21.2 Å². The number of rotatable bonds is 9. The maximum absolute atomic E-state index is 13.2. The first-order valence-electron chi connectivity index (χ1n) is 9.90. The molecule has 0 aromatic heterocycles. The molecule has 0 spiro atoms. The summed E-state index contributed by atoms with van der Waals surface area (Å²) in [5.41, 5.74) is 1.17. The summed E-state index contributed by atoms with van der Waals surface area (Å²) in [4.78, 5) is -0.472. The molecule has 0 unspecified atom stereocenters. The van der Waals surface area contributed by atoms with Gasteiger partial charge in [0.25, 0.3) is 0 Å². The third kappa shape index (κ3) is 5.52. The molecule has 0 heterocycles. The zero-order valence-corrected chi connectivity index (χ0v) is 20.0. The number of aryl methyl sites for hydroxylation is 1. The summed E-state index contributed by atoms with van der Waals surface area (Å²) in [7, 11) is -4.98. The lowest BCUT2D eigenvalue weighted by atomic mass is 10.1. The Morgan fingerprint density at radius 2 is 1.52 bits per heavy atom. The van der Waals surface area contributed by atoms with Crippen LogP contribution in [0.2, 0.25) is 0 Å². The van der Waals surface area contributed by atoms with Gasteiger partial charge in [0.05, 0.1) is 28.9 Å². The van der Waals surface area contributed by atoms with Crippen LogP contribution in [0.4, 0.5) is 4.39 Å². The minimum Gasteiger partial charge on any atom is -0.497 e. The van der Waals surface area contributed by atoms with Gasteiger partial charge in [-0.2, -0.15) is 0 Å². The molecule has 0 aliphatic carbocycles. The first-order valence-corrected chi connectivity index (χ1v) is 12.9. The van der Waals surface area contributed by atoms with Crippen molar-refractivity contribution in [3.8, 4) is 11.5 Å². The molecule has 1 N–H and O–H groups in total. The van der Waals surface area contributed by atoms with Gasteiger partial charge in [-0.3, -0.25) is 0 Å². The van der Waals surface area contributed by atoms with Gasteiger partial charge in [0.1, 0.15) is 17.3 Å². The third-order valence-corrected chi connectivity index (χ3v) is 8.43. The lowest BCUT2D eigenvalue weighted by Crippen LogP contribution is -2.27. The summed E-state index contributed by atoms with van der Waals surface area (Å²) < 4.78 is 77.9. The summed E-state index contributed by atoms with van der Waals surface area (Å²) >= 11 is 0. The molecule has 0 saturated carbocycles. The number of halogens is 1. The molecule has 33 heavy (non-hydrogen) atoms. The number of benzene rings is 3. The van der Waals surface area contributed by atoms with Crippen LogP contribution in [0, 0.1) is 12.7 Å². The van der Waals surface area contributed by atoms with E-state index in [1.807, 2.05) is 0 Å². The van der Waals surface area contributed by atoms with E-state index in [0.717, 1.165) is 35.9 Å². The molecule has 0 fully saturated rings. The van der Waals surface area contributed by atoms with E-state index in [1.165, 1.54) is 26.4 Å². The van der Waals surface area contributed by atoms with Gasteiger partial charge >= 0.3 is 0 Å². The van der Waals surface area contributed by atoms with Gasteiger partial charge in [-0.1, -0.05) is 12.1 Å². The van der Waals surface area contributed by atoms with E-state index < -0.39 is 25.7 Å². The zero-order valence-electron chi connectivity index (χ0n) is 18.3. The van der Waals surface area contributed by atoms with Crippen molar-refractivity contribution in [2.45, 2.75) is 28.0 Å². The highest BCUT2D eigenvalue weighted by atomic mass is 32.2. The number of nitrogens with one attached hydrogen (secondary N) is 1. The minimum absolute atomic E-state index is 0.0689. The molecule has 7 nitrogen and oxygen atoms in total. The quantitative estimate of drug-likeness (QED) is 0.458. The van der Waals surface area contributed by atoms with Crippen molar-refractivity contribution in [1.82, 2.24) is 4.72 Å². The predicted octanol–water partition coefficient (Wildman–Crippen LogP) is 3.51. The second kappa shape index (κ2) is 9.90. The van der Waals surface area contributed by atoms with Crippen molar-refractivity contribution < 1.29 is 30.7 Å². The summed E-state index contributed by atoms with van der Waals surface area (Å²) in [6.07, 6.45) is 0.346. The van der Waals surface area contributed by atoms with Gasteiger partial charge in [-0.25, -0.2) is 25.9 Å². The van der Waals surface area contributed by atoms with Crippen molar-refractivity contribution in [2.24, 2.45) is 0 Å². The fraction of sp³-hybridized carbons (Fsp3) is 0.217. The van der Waals surface area contributed by atoms with Crippen LogP contribution in [0.1, 0.15) is 11.1 Å². The standard InChI is InChI=1S/C23H24FNO6S2/c1-16-4-9-21(32(26,27)20-10-6-18(24)7-11-20)15-23(16)33(28,29)25-13-12-17-5-8-19(30-2)14-22(17)31-3/h4-11,14-15,25H,12-13H2,1-3H3. The lowest BCUT2D eigenvalue weighted by molar-refractivity contribution is 0.391. The molecule has 0 saturated heterocycles. The maximum Gasteiger partial charge on any atom is 0.240 e. The first kappa shape index (κ1) is 24.7. The molecule has 3 aromatic rings. The summed E-state index contributed by atoms with van der Waals surface area (Å²) in [6.45, 7) is 1.65. The fourth-order valence-electron chi connectivity index (χ4n) is 3.24. The Kier molecular flexibility index (Phi) is 7.41. The lowest BCUT2D eigenvalue weighted by Gasteiger charge is -2.13. The van der Waals surface area contributed by atoms with E-state index in [9.17, 15) is 21.2 Å². The van der Waals surface area contributed by atoms with Gasteiger partial charge < -0.3 is 9.47 Å². The van der Waals surface area contributed by atoms with Gasteiger partial charge in [0.15, 0.2) is 0 Å². The summed E-state index contributed by atoms with van der Waals surface area (Å²) in [5, 5.41) is 0. The highest BCUT2D eigenvalue weighted by molar-refractivity contribution is 7.91. The van der Waals surface area contributed by atoms with Crippen molar-refractivity contribution in [3.05, 3.63) is 77.6 Å². The molecule has 0 aliphatic rings. The molecule has 0 bridgehead atoms. The van der Waals surface area contributed by atoms with Crippen LogP contribution in [0.15, 0.2) is 75.4 Å². The van der Waals surface area contributed by atoms with Crippen molar-refractivity contribution in [3.63, 3.8) is 0 Å². The van der Waals surface area contributed by atoms with Crippen molar-refractivity contribution in [2.75, 3.05) is 20.8 Å². The topological polar surface area (TPSA) is 98.8 Å². The highest BCUT2D eigenvalue weighted by Gasteiger charge is 2.23. The van der Waals surface area contributed by atoms with Crippen LogP contribution in [0.5, 0.6) is 11.5 Å². The summed E-state index contributed by atoms with van der Waals surface area (Å²) in [6, 6.07) is 13.5. The average molecular weight is 494 g/mol. The summed E-state index contributed by atoms with van der Waals surface area (Å²) in [5.74, 6) is 0.613. The minimum atomic E-state index is -4.02. The monoisotopic (exact) mass is 493 g/mol. The largest absolute Gasteiger partial charge is 0.497 e. The normalized spacial score (nSPS) is 11.9. The highest BCUT2D eigenvalue weighted by Crippen LogP contribution is 2.27. The molecule has 3 aromatic carbocycles. The maximum atomic E-state index is 13.2. The Bertz CT molecular complexity index is 1350. The third-order valence-electron chi connectivity index (χ3n) is 5.06. The number of methoxy groups -OCH3 is 2. The Hall–Kier alpha value is -2.95. The second-order valence-corrected chi connectivity index (χ2v) is 10.9. The van der Waals surface area contributed by atoms with Gasteiger partial charge in [0, 0.05) is 12.6 Å². The van der Waals surface area contributed by atoms with Crippen LogP contribution in [-0.4, -0.2) is 37.6 Å². The fourth-order valence-corrected chi connectivity index (χ4v) is 5.90. The van der Waals surface area contributed by atoms with Gasteiger partial charge in [-0.15, -0.1) is 0 Å². The van der Waals surface area contributed by atoms with Gasteiger partial charge in [0.2, 0.25) is 19.9 Å². The predicted molar refractivity (Wildman–Crippen MR) is 121 cm³/mol. The van der Waals surface area contributed by atoms with E-state index in [2.05, 4.69) is 4.72 Å². The Balaban J connectivity index is 1.83. The van der Waals surface area contributed by atoms with Gasteiger partial charge in [-0.05, 0) is 66.9 Å². The molecule has 176 valence electrons. The molecular weight excluding hydrogens is 469 g/mol. The Labute approximate surface area is 193 Å². The average Bonchev–Trinajstić information content (AvgIpc) is 2.79. The Morgan fingerprint density at radius 1 is 0.848 bits per heavy atom. The molecule has 0 aliphatic heterocycles. The number of hydrogen-bond donors (Lipinski definition) is 1. The molecule has 0 atom stereocenters. The number of hydrogen-bond acceptors (Lipinski definition) is 6. The van der Waals surface area contributed by atoms with E-state index in [0.29, 0.717) is 23.5 Å². The molecule has 10 heteroatoms. The van der Waals surface area contributed by atoms with Crippen LogP contribution in [-0.2, 0) is 26.3 Å². The van der Waals surface area contributed by atoms with Crippen LogP contribution < -0.4 is 14.2 Å². The first-order chi connectivity index (χ1) is 15.6. The molecule has 0 radical (unpaired) electrons. The zero-order chi connectivity index (χ0) is 24.2. The number of ether oxygens (including phenoxy) is 2. The Morgan fingerprint density at radius 3 is 2.15 bits per heavy atom. The SMILES string of the molecule is COc1ccc(CCNS(=O)(=O)c2cc(S(=O)(=O)c3ccc(F)cc3)ccc2C)c(OC)c1. The molecule has 3 rings (SSSR count). The smallest absolute Gasteiger partial charge is 0.240 e. The van der Waals surface area contributed by atoms with Crippen molar-refractivity contribution in [1.29, 1.82) is 0 Å². The van der Waals surface area contributed by atoms with Crippen LogP contribution in [0.25, 0.3) is 0 Å². The number of sulfone groups is 1. The number of sulfonamides is 1. The molecular formula is C23H24FNO6S2. The van der Waals surface area contributed by atoms with E-state index >= 15 is 0 Å². The van der Waals surface area contributed by atoms with E-state index in [1.54, 1.807) is 25.1 Å². The second-order valence-electron chi connectivity index (χ2n) is 7.21. The van der Waals surface area contributed by atoms with Crippen molar-refractivity contribution >= 4 is 19.9 Å². The molecule has 0 amide bonds. The van der Waals surface area contributed by atoms with E-state index in [4.69, 9.17) is 9.47 Å². The van der Waals surface area contributed by atoms with Crippen LogP contribution in [0.3, 0.4) is 0 Å². The van der Waals surface area contributed by atoms with Crippen LogP contribution >= 0.6 is 0 Å².